The summed E-state index contributed by atoms with van der Waals surface area (Å²) in [7, 11) is 0. The molecule has 5 aromatic rings. The number of carbonyl (C=O) groups is 2. The van der Waals surface area contributed by atoms with Gasteiger partial charge >= 0.3 is 5.69 Å². The fraction of sp³-hybridized carbons (Fsp3) is 0.371. The van der Waals surface area contributed by atoms with Gasteiger partial charge in [-0.15, -0.1) is 0 Å². The van der Waals surface area contributed by atoms with E-state index in [0.717, 1.165) is 49.3 Å². The van der Waals surface area contributed by atoms with Crippen LogP contribution in [0.1, 0.15) is 65.4 Å². The number of fused-ring (bicyclic) bond motifs is 5. The van der Waals surface area contributed by atoms with E-state index >= 15 is 0 Å². The molecule has 3 aliphatic heterocycles. The lowest BCUT2D eigenvalue weighted by atomic mass is 9.84. The molecule has 1 atom stereocenters. The molecule has 49 heavy (non-hydrogen) atoms. The van der Waals surface area contributed by atoms with Crippen LogP contribution in [0, 0.1) is 17.6 Å². The minimum absolute atomic E-state index is 0.00381. The van der Waals surface area contributed by atoms with E-state index in [4.69, 9.17) is 0 Å². The van der Waals surface area contributed by atoms with Crippen LogP contribution < -0.4 is 21.9 Å². The Hall–Kier alpha value is -5.24. The number of hydrogen-bond donors (Lipinski definition) is 2. The molecule has 3 saturated heterocycles. The highest BCUT2D eigenvalue weighted by atomic mass is 19.1. The first-order valence-electron chi connectivity index (χ1n) is 16.6. The second kappa shape index (κ2) is 12.3. The Labute approximate surface area is 278 Å². The largest absolute Gasteiger partial charge is 0.348 e. The van der Waals surface area contributed by atoms with E-state index in [1.807, 2.05) is 0 Å². The number of carbonyl (C=O) groups excluding carboxylic acids is 2. The summed E-state index contributed by atoms with van der Waals surface area (Å²) in [6, 6.07) is 9.72. The zero-order valence-electron chi connectivity index (χ0n) is 26.5. The molecule has 4 aromatic heterocycles. The number of pyridine rings is 2. The minimum Gasteiger partial charge on any atom is -0.348 e. The van der Waals surface area contributed by atoms with Crippen LogP contribution in [0.4, 0.5) is 8.78 Å². The smallest absolute Gasteiger partial charge is 0.337 e. The lowest BCUT2D eigenvalue weighted by Gasteiger charge is -2.44. The average Bonchev–Trinajstić information content (AvgIpc) is 3.54. The van der Waals surface area contributed by atoms with Gasteiger partial charge < -0.3 is 19.9 Å². The third kappa shape index (κ3) is 5.79. The maximum atomic E-state index is 14.5. The zero-order chi connectivity index (χ0) is 33.8. The molecule has 1 aromatic carbocycles. The summed E-state index contributed by atoms with van der Waals surface area (Å²) < 4.78 is 31.9. The number of imidazole rings is 1. The fourth-order valence-electron chi connectivity index (χ4n) is 7.72. The number of nitrogens with one attached hydrogen (secondary N) is 2. The molecule has 252 valence electrons. The van der Waals surface area contributed by atoms with Crippen molar-refractivity contribution in [2.75, 3.05) is 19.6 Å². The van der Waals surface area contributed by atoms with E-state index in [9.17, 15) is 28.0 Å². The van der Waals surface area contributed by atoms with Gasteiger partial charge in [0.1, 0.15) is 23.0 Å². The monoisotopic (exact) mass is 668 g/mol. The van der Waals surface area contributed by atoms with Crippen LogP contribution in [-0.4, -0.2) is 71.9 Å². The summed E-state index contributed by atoms with van der Waals surface area (Å²) in [5, 5.41) is 6.08. The zero-order valence-corrected chi connectivity index (χ0v) is 26.5. The molecule has 12 nitrogen and oxygen atoms in total. The van der Waals surface area contributed by atoms with Crippen molar-refractivity contribution < 1.29 is 18.4 Å². The Bertz CT molecular complexity index is 2230. The number of piperidine rings is 3. The third-order valence-corrected chi connectivity index (χ3v) is 10.3. The van der Waals surface area contributed by atoms with Gasteiger partial charge in [-0.2, -0.15) is 0 Å². The van der Waals surface area contributed by atoms with Crippen LogP contribution in [0.5, 0.6) is 0 Å². The predicted molar refractivity (Wildman–Crippen MR) is 176 cm³/mol. The van der Waals surface area contributed by atoms with Crippen molar-refractivity contribution in [2.24, 2.45) is 5.92 Å². The van der Waals surface area contributed by atoms with Crippen LogP contribution in [-0.2, 0) is 0 Å². The van der Waals surface area contributed by atoms with Crippen LogP contribution in [0.3, 0.4) is 0 Å². The maximum absolute atomic E-state index is 14.5. The second-order valence-electron chi connectivity index (χ2n) is 13.3. The number of hydrogen-bond acceptors (Lipinski definition) is 7. The Morgan fingerprint density at radius 3 is 2.41 bits per heavy atom. The van der Waals surface area contributed by atoms with Gasteiger partial charge in [0.2, 0.25) is 0 Å². The van der Waals surface area contributed by atoms with Gasteiger partial charge in [-0.05, 0) is 93.9 Å². The first-order valence-corrected chi connectivity index (χ1v) is 16.6. The molecule has 0 radical (unpaired) electrons. The van der Waals surface area contributed by atoms with Gasteiger partial charge in [0.25, 0.3) is 17.4 Å². The Kier molecular flexibility index (Phi) is 7.82. The molecule has 2 N–H and O–H groups in total. The van der Waals surface area contributed by atoms with Gasteiger partial charge in [0.05, 0.1) is 17.3 Å². The third-order valence-electron chi connectivity index (χ3n) is 10.3. The summed E-state index contributed by atoms with van der Waals surface area (Å²) >= 11 is 0. The van der Waals surface area contributed by atoms with Gasteiger partial charge in [-0.3, -0.25) is 19.0 Å². The van der Waals surface area contributed by atoms with Crippen molar-refractivity contribution in [2.45, 2.75) is 56.7 Å². The number of nitrogens with zero attached hydrogens (tertiary/aromatic N) is 6. The molecule has 2 bridgehead atoms. The minimum atomic E-state index is -0.715. The second-order valence-corrected chi connectivity index (χ2v) is 13.3. The number of benzene rings is 1. The first-order chi connectivity index (χ1) is 23.7. The molecular formula is C35H34F2N8O4. The maximum Gasteiger partial charge on any atom is 0.337 e. The molecule has 1 saturated carbocycles. The van der Waals surface area contributed by atoms with Gasteiger partial charge in [-0.1, -0.05) is 6.07 Å². The number of halogens is 2. The van der Waals surface area contributed by atoms with Crippen molar-refractivity contribution in [1.82, 2.24) is 39.0 Å². The van der Waals surface area contributed by atoms with E-state index in [0.29, 0.717) is 48.5 Å². The number of rotatable bonds is 6. The molecule has 14 heteroatoms. The van der Waals surface area contributed by atoms with E-state index in [-0.39, 0.29) is 34.7 Å². The van der Waals surface area contributed by atoms with Crippen molar-refractivity contribution in [3.8, 4) is 5.69 Å². The molecule has 4 fully saturated rings. The molecule has 0 unspecified atom stereocenters. The van der Waals surface area contributed by atoms with Crippen LogP contribution in [0.2, 0.25) is 0 Å². The SMILES string of the molecule is O=C(N[C@H]1CN2CCC1CC2)c1cccc(-n2c(=O)n(C3CCC(NC(=O)c4cn5cc(F)ccc5n4)CC3)c(=O)c3cc(F)cnc32)c1. The van der Waals surface area contributed by atoms with E-state index in [2.05, 4.69) is 25.5 Å². The van der Waals surface area contributed by atoms with Gasteiger partial charge in [-0.25, -0.2) is 28.1 Å². The Morgan fingerprint density at radius 1 is 0.857 bits per heavy atom. The van der Waals surface area contributed by atoms with Crippen LogP contribution >= 0.6 is 0 Å². The van der Waals surface area contributed by atoms with Gasteiger partial charge in [0.15, 0.2) is 5.65 Å². The number of amides is 2. The summed E-state index contributed by atoms with van der Waals surface area (Å²) in [4.78, 5) is 65.1. The highest BCUT2D eigenvalue weighted by Crippen LogP contribution is 2.29. The quantitative estimate of drug-likeness (QED) is 0.284. The predicted octanol–water partition coefficient (Wildman–Crippen LogP) is 3.21. The molecule has 9 rings (SSSR count). The van der Waals surface area contributed by atoms with Crippen molar-refractivity contribution in [1.29, 1.82) is 0 Å². The van der Waals surface area contributed by atoms with Crippen LogP contribution in [0.25, 0.3) is 22.4 Å². The van der Waals surface area contributed by atoms with Crippen molar-refractivity contribution >= 4 is 28.5 Å². The summed E-state index contributed by atoms with van der Waals surface area (Å²) in [6.45, 7) is 2.91. The van der Waals surface area contributed by atoms with E-state index in [1.165, 1.54) is 33.5 Å². The lowest BCUT2D eigenvalue weighted by Crippen LogP contribution is -2.57. The molecule has 0 spiro atoms. The van der Waals surface area contributed by atoms with Crippen LogP contribution in [0.15, 0.2) is 70.6 Å². The van der Waals surface area contributed by atoms with E-state index < -0.39 is 34.8 Å². The molecular weight excluding hydrogens is 634 g/mol. The molecule has 2 amide bonds. The molecule has 4 aliphatic rings. The summed E-state index contributed by atoms with van der Waals surface area (Å²) in [6.07, 6.45) is 7.49. The Morgan fingerprint density at radius 2 is 1.65 bits per heavy atom. The highest BCUT2D eigenvalue weighted by molar-refractivity contribution is 5.95. The van der Waals surface area contributed by atoms with E-state index in [1.54, 1.807) is 24.3 Å². The first kappa shape index (κ1) is 31.1. The fourth-order valence-corrected chi connectivity index (χ4v) is 7.72. The molecule has 7 heterocycles. The van der Waals surface area contributed by atoms with Crippen molar-refractivity contribution in [3.05, 3.63) is 105 Å². The average molecular weight is 669 g/mol. The summed E-state index contributed by atoms with van der Waals surface area (Å²) in [5.41, 5.74) is -0.0154. The molecule has 1 aliphatic carbocycles. The summed E-state index contributed by atoms with van der Waals surface area (Å²) in [5.74, 6) is -1.38. The highest BCUT2D eigenvalue weighted by Gasteiger charge is 2.35. The van der Waals surface area contributed by atoms with Gasteiger partial charge in [0, 0.05) is 42.6 Å². The lowest BCUT2D eigenvalue weighted by molar-refractivity contribution is 0.0620. The normalized spacial score (nSPS) is 23.5. The topological polar surface area (TPSA) is 136 Å². The standard InChI is InChI=1S/C35H34F2N8O4/c36-22-4-9-30-40-29(19-43(30)17-22)33(47)39-24-5-7-25(8-6-24)45-34(48)27-15-23(37)16-38-31(27)44(35(45)49)26-3-1-2-21(14-26)32(46)41-28-18-42-12-10-20(28)11-13-42/h1-4,9,14-17,19-20,24-25,28H,5-8,10-13,18H2,(H,39,47)(H,41,46)/t24?,25?,28-/m0/s1. The van der Waals surface area contributed by atoms with Crippen molar-refractivity contribution in [3.63, 3.8) is 0 Å². The Balaban J connectivity index is 1.05. The number of aromatic nitrogens is 5.